The fraction of sp³-hybridized carbons (Fsp3) is 0.529. The van der Waals surface area contributed by atoms with Crippen LogP contribution in [0.1, 0.15) is 62.9 Å². The Morgan fingerprint density at radius 3 is 2.10 bits per heavy atom. The molecular formula is C17H25NO3. The second-order valence-electron chi connectivity index (χ2n) is 6.54. The van der Waals surface area contributed by atoms with Crippen LogP contribution in [0, 0.1) is 0 Å². The highest BCUT2D eigenvalue weighted by Crippen LogP contribution is 2.16. The molecule has 4 heteroatoms. The van der Waals surface area contributed by atoms with E-state index in [1.807, 2.05) is 12.1 Å². The molecule has 21 heavy (non-hydrogen) atoms. The molecule has 1 unspecified atom stereocenters. The van der Waals surface area contributed by atoms with Gasteiger partial charge in [-0.1, -0.05) is 38.1 Å². The maximum atomic E-state index is 12.1. The van der Waals surface area contributed by atoms with E-state index < -0.39 is 17.6 Å². The molecule has 1 atom stereocenters. The summed E-state index contributed by atoms with van der Waals surface area (Å²) in [6.45, 7) is 9.49. The van der Waals surface area contributed by atoms with Gasteiger partial charge in [0.2, 0.25) is 0 Å². The summed E-state index contributed by atoms with van der Waals surface area (Å²) in [5, 5.41) is 0. The number of nitrogens with two attached hydrogens (primary N) is 1. The van der Waals surface area contributed by atoms with E-state index >= 15 is 0 Å². The largest absolute Gasteiger partial charge is 0.459 e. The number of hydrogen-bond acceptors (Lipinski definition) is 4. The highest BCUT2D eigenvalue weighted by molar-refractivity contribution is 5.98. The Bertz CT molecular complexity index is 498. The molecule has 0 fully saturated rings. The zero-order valence-electron chi connectivity index (χ0n) is 13.5. The van der Waals surface area contributed by atoms with Crippen molar-refractivity contribution in [2.45, 2.75) is 58.6 Å². The van der Waals surface area contributed by atoms with E-state index in [4.69, 9.17) is 10.5 Å². The van der Waals surface area contributed by atoms with Crippen molar-refractivity contribution < 1.29 is 14.3 Å². The van der Waals surface area contributed by atoms with Crippen LogP contribution in [-0.4, -0.2) is 23.4 Å². The van der Waals surface area contributed by atoms with Crippen molar-refractivity contribution in [3.8, 4) is 0 Å². The fourth-order valence-electron chi connectivity index (χ4n) is 1.83. The molecule has 0 aliphatic rings. The van der Waals surface area contributed by atoms with Gasteiger partial charge in [0.15, 0.2) is 5.78 Å². The average Bonchev–Trinajstić information content (AvgIpc) is 2.36. The van der Waals surface area contributed by atoms with Crippen LogP contribution in [0.15, 0.2) is 24.3 Å². The zero-order valence-corrected chi connectivity index (χ0v) is 13.5. The topological polar surface area (TPSA) is 69.4 Å². The number of rotatable bonds is 5. The summed E-state index contributed by atoms with van der Waals surface area (Å²) in [6, 6.07) is 6.48. The van der Waals surface area contributed by atoms with E-state index in [1.165, 1.54) is 5.56 Å². The molecular weight excluding hydrogens is 266 g/mol. The minimum absolute atomic E-state index is 0.0457. The van der Waals surface area contributed by atoms with E-state index in [2.05, 4.69) is 13.8 Å². The van der Waals surface area contributed by atoms with Crippen LogP contribution >= 0.6 is 0 Å². The third kappa shape index (κ3) is 5.68. The third-order valence-corrected chi connectivity index (χ3v) is 3.01. The van der Waals surface area contributed by atoms with Crippen LogP contribution in [0.5, 0.6) is 0 Å². The van der Waals surface area contributed by atoms with E-state index in [0.717, 1.165) is 0 Å². The molecule has 0 saturated carbocycles. The van der Waals surface area contributed by atoms with Gasteiger partial charge < -0.3 is 10.5 Å². The molecule has 0 spiro atoms. The van der Waals surface area contributed by atoms with E-state index in [-0.39, 0.29) is 12.2 Å². The molecule has 4 nitrogen and oxygen atoms in total. The molecule has 1 aromatic carbocycles. The molecule has 0 amide bonds. The summed E-state index contributed by atoms with van der Waals surface area (Å²) < 4.78 is 5.17. The standard InChI is InChI=1S/C17H25NO3/c1-11(2)12-6-8-13(9-7-12)15(19)10-14(18)16(20)21-17(3,4)5/h6-9,11,14H,10,18H2,1-5H3. The maximum absolute atomic E-state index is 12.1. The first-order valence-electron chi connectivity index (χ1n) is 7.22. The van der Waals surface area contributed by atoms with Gasteiger partial charge in [0.05, 0.1) is 0 Å². The Hall–Kier alpha value is -1.68. The van der Waals surface area contributed by atoms with Gasteiger partial charge in [-0.15, -0.1) is 0 Å². The summed E-state index contributed by atoms with van der Waals surface area (Å²) in [5.41, 5.74) is 6.88. The van der Waals surface area contributed by atoms with Crippen LogP contribution in [0.2, 0.25) is 0 Å². The molecule has 0 heterocycles. The Balaban J connectivity index is 2.66. The first-order valence-corrected chi connectivity index (χ1v) is 7.22. The monoisotopic (exact) mass is 291 g/mol. The minimum atomic E-state index is -0.929. The number of carbonyl (C=O) groups excluding carboxylic acids is 2. The normalized spacial score (nSPS) is 13.1. The van der Waals surface area contributed by atoms with Gasteiger partial charge in [-0.2, -0.15) is 0 Å². The molecule has 2 N–H and O–H groups in total. The molecule has 0 radical (unpaired) electrons. The molecule has 0 aliphatic carbocycles. The second kappa shape index (κ2) is 6.85. The predicted molar refractivity (Wildman–Crippen MR) is 83.3 cm³/mol. The molecule has 116 valence electrons. The molecule has 0 saturated heterocycles. The number of esters is 1. The molecule has 0 aromatic heterocycles. The van der Waals surface area contributed by atoms with Crippen LogP contribution in [-0.2, 0) is 9.53 Å². The van der Waals surface area contributed by atoms with Crippen molar-refractivity contribution in [3.05, 3.63) is 35.4 Å². The summed E-state index contributed by atoms with van der Waals surface area (Å²) in [6.07, 6.45) is -0.0457. The smallest absolute Gasteiger partial charge is 0.323 e. The van der Waals surface area contributed by atoms with Crippen LogP contribution in [0.4, 0.5) is 0 Å². The quantitative estimate of drug-likeness (QED) is 0.668. The number of Topliss-reactive ketones (excluding diaryl/α,β-unsaturated/α-hetero) is 1. The van der Waals surface area contributed by atoms with Crippen LogP contribution in [0.25, 0.3) is 0 Å². The number of hydrogen-bond donors (Lipinski definition) is 1. The fourth-order valence-corrected chi connectivity index (χ4v) is 1.83. The lowest BCUT2D eigenvalue weighted by molar-refractivity contribution is -0.156. The third-order valence-electron chi connectivity index (χ3n) is 3.01. The van der Waals surface area contributed by atoms with Crippen LogP contribution in [0.3, 0.4) is 0 Å². The van der Waals surface area contributed by atoms with Crippen LogP contribution < -0.4 is 5.73 Å². The predicted octanol–water partition coefficient (Wildman–Crippen LogP) is 3.05. The summed E-state index contributed by atoms with van der Waals surface area (Å²) in [4.78, 5) is 23.9. The van der Waals surface area contributed by atoms with Gasteiger partial charge in [-0.3, -0.25) is 9.59 Å². The lowest BCUT2D eigenvalue weighted by Crippen LogP contribution is -2.38. The average molecular weight is 291 g/mol. The molecule has 0 aliphatic heterocycles. The molecule has 1 rings (SSSR count). The van der Waals surface area contributed by atoms with Crippen molar-refractivity contribution in [2.24, 2.45) is 5.73 Å². The zero-order chi connectivity index (χ0) is 16.2. The van der Waals surface area contributed by atoms with Crippen molar-refractivity contribution >= 4 is 11.8 Å². The van der Waals surface area contributed by atoms with Crippen molar-refractivity contribution in [2.75, 3.05) is 0 Å². The first-order chi connectivity index (χ1) is 9.60. The van der Waals surface area contributed by atoms with Gasteiger partial charge in [0.1, 0.15) is 11.6 Å². The number of ether oxygens (including phenoxy) is 1. The Morgan fingerprint density at radius 1 is 1.14 bits per heavy atom. The Labute approximate surface area is 126 Å². The van der Waals surface area contributed by atoms with Gasteiger partial charge >= 0.3 is 5.97 Å². The van der Waals surface area contributed by atoms with Gasteiger partial charge in [0.25, 0.3) is 0 Å². The lowest BCUT2D eigenvalue weighted by Gasteiger charge is -2.21. The first kappa shape index (κ1) is 17.4. The van der Waals surface area contributed by atoms with Gasteiger partial charge in [-0.05, 0) is 32.3 Å². The van der Waals surface area contributed by atoms with Gasteiger partial charge in [0, 0.05) is 12.0 Å². The molecule has 0 bridgehead atoms. The lowest BCUT2D eigenvalue weighted by atomic mass is 9.98. The SMILES string of the molecule is CC(C)c1ccc(C(=O)CC(N)C(=O)OC(C)(C)C)cc1. The van der Waals surface area contributed by atoms with E-state index in [1.54, 1.807) is 32.9 Å². The van der Waals surface area contributed by atoms with E-state index in [9.17, 15) is 9.59 Å². The minimum Gasteiger partial charge on any atom is -0.459 e. The number of benzene rings is 1. The molecule has 1 aromatic rings. The number of ketones is 1. The highest BCUT2D eigenvalue weighted by atomic mass is 16.6. The second-order valence-corrected chi connectivity index (χ2v) is 6.54. The van der Waals surface area contributed by atoms with Crippen molar-refractivity contribution in [1.82, 2.24) is 0 Å². The number of carbonyl (C=O) groups is 2. The van der Waals surface area contributed by atoms with E-state index in [0.29, 0.717) is 11.5 Å². The van der Waals surface area contributed by atoms with Crippen molar-refractivity contribution in [1.29, 1.82) is 0 Å². The summed E-state index contributed by atoms with van der Waals surface area (Å²) in [7, 11) is 0. The van der Waals surface area contributed by atoms with Gasteiger partial charge in [-0.25, -0.2) is 0 Å². The summed E-state index contributed by atoms with van der Waals surface area (Å²) in [5.74, 6) is -0.281. The maximum Gasteiger partial charge on any atom is 0.323 e. The van der Waals surface area contributed by atoms with Crippen molar-refractivity contribution in [3.63, 3.8) is 0 Å². The highest BCUT2D eigenvalue weighted by Gasteiger charge is 2.24. The summed E-state index contributed by atoms with van der Waals surface area (Å²) >= 11 is 0. The Kier molecular flexibility index (Phi) is 5.67. The Morgan fingerprint density at radius 2 is 1.67 bits per heavy atom.